The highest BCUT2D eigenvalue weighted by molar-refractivity contribution is 8.27. The highest BCUT2D eigenvalue weighted by Gasteiger charge is 2.44. The Morgan fingerprint density at radius 3 is 2.52 bits per heavy atom. The Labute approximate surface area is 198 Å². The third-order valence-corrected chi connectivity index (χ3v) is 6.77. The van der Waals surface area contributed by atoms with Crippen molar-refractivity contribution in [2.45, 2.75) is 6.18 Å². The van der Waals surface area contributed by atoms with Crippen LogP contribution in [0.15, 0.2) is 57.9 Å². The van der Waals surface area contributed by atoms with Gasteiger partial charge in [0.1, 0.15) is 11.5 Å². The summed E-state index contributed by atoms with van der Waals surface area (Å²) >= 11 is 12.4. The van der Waals surface area contributed by atoms with Crippen LogP contribution in [-0.4, -0.2) is 21.3 Å². The maximum atomic E-state index is 13.1. The van der Waals surface area contributed by atoms with E-state index in [0.717, 1.165) is 30.0 Å². The molecule has 0 radical (unpaired) electrons. The van der Waals surface area contributed by atoms with Gasteiger partial charge in [0.2, 0.25) is 0 Å². The number of benzene rings is 2. The van der Waals surface area contributed by atoms with Crippen LogP contribution in [-0.2, 0) is 11.0 Å². The Kier molecular flexibility index (Phi) is 4.93. The first-order chi connectivity index (χ1) is 15.6. The molecule has 1 fully saturated rings. The summed E-state index contributed by atoms with van der Waals surface area (Å²) in [5, 5.41) is 9.29. The molecular formula is C22H9ClF3NO4S2. The number of carbonyl (C=O) groups excluding carboxylic acids is 1. The van der Waals surface area contributed by atoms with Gasteiger partial charge < -0.3 is 9.52 Å². The summed E-state index contributed by atoms with van der Waals surface area (Å²) in [6, 6.07) is 10.3. The van der Waals surface area contributed by atoms with Crippen LogP contribution < -0.4 is 4.90 Å². The predicted molar refractivity (Wildman–Crippen MR) is 121 cm³/mol. The second-order valence-corrected chi connectivity index (χ2v) is 9.17. The van der Waals surface area contributed by atoms with E-state index in [9.17, 15) is 27.9 Å². The lowest BCUT2D eigenvalue weighted by atomic mass is 10.1. The van der Waals surface area contributed by atoms with Crippen LogP contribution in [0.3, 0.4) is 0 Å². The Morgan fingerprint density at radius 2 is 1.88 bits per heavy atom. The summed E-state index contributed by atoms with van der Waals surface area (Å²) in [6.07, 6.45) is -4.53. The van der Waals surface area contributed by atoms with E-state index in [1.807, 2.05) is 0 Å². The molecule has 0 atom stereocenters. The fourth-order valence-corrected chi connectivity index (χ4v) is 5.05. The minimum Gasteiger partial charge on any atom is -0.478 e. The number of fused-ring (bicyclic) bond motifs is 1. The number of halogens is 4. The zero-order chi connectivity index (χ0) is 23.7. The number of amides is 1. The van der Waals surface area contributed by atoms with Crippen molar-refractivity contribution in [3.05, 3.63) is 80.9 Å². The van der Waals surface area contributed by atoms with Gasteiger partial charge in [-0.1, -0.05) is 41.6 Å². The molecule has 0 bridgehead atoms. The van der Waals surface area contributed by atoms with Crippen molar-refractivity contribution in [3.63, 3.8) is 0 Å². The van der Waals surface area contributed by atoms with Crippen LogP contribution in [0.1, 0.15) is 27.2 Å². The van der Waals surface area contributed by atoms with Crippen LogP contribution in [0.2, 0.25) is 5.02 Å². The van der Waals surface area contributed by atoms with Crippen molar-refractivity contribution < 1.29 is 32.3 Å². The Morgan fingerprint density at radius 1 is 1.12 bits per heavy atom. The molecule has 1 N–H and O–H groups in total. The molecule has 1 aliphatic carbocycles. The van der Waals surface area contributed by atoms with Crippen molar-refractivity contribution >= 4 is 63.0 Å². The number of aromatic carboxylic acids is 1. The third kappa shape index (κ3) is 3.64. The molecule has 5 rings (SSSR count). The van der Waals surface area contributed by atoms with E-state index >= 15 is 0 Å². The van der Waals surface area contributed by atoms with E-state index in [0.29, 0.717) is 27.5 Å². The van der Waals surface area contributed by atoms with Crippen LogP contribution in [0.4, 0.5) is 18.9 Å². The molecule has 1 aliphatic heterocycles. The normalized spacial score (nSPS) is 17.5. The number of anilines is 1. The number of alkyl halides is 3. The van der Waals surface area contributed by atoms with E-state index in [4.69, 9.17) is 28.2 Å². The van der Waals surface area contributed by atoms with E-state index in [1.165, 1.54) is 29.2 Å². The van der Waals surface area contributed by atoms with Gasteiger partial charge in [0, 0.05) is 16.7 Å². The first kappa shape index (κ1) is 21.7. The second-order valence-electron chi connectivity index (χ2n) is 7.11. The summed E-state index contributed by atoms with van der Waals surface area (Å²) in [5.41, 5.74) is 0.675. The number of carboxylic acid groups (broad SMARTS) is 1. The number of thiocarbonyl (C=S) groups is 1. The van der Waals surface area contributed by atoms with Gasteiger partial charge in [0.05, 0.1) is 26.7 Å². The molecule has 5 nitrogen and oxygen atoms in total. The van der Waals surface area contributed by atoms with Crippen LogP contribution in [0, 0.1) is 0 Å². The number of hydrogen-bond donors (Lipinski definition) is 1. The van der Waals surface area contributed by atoms with Crippen LogP contribution in [0.25, 0.3) is 16.9 Å². The molecule has 11 heteroatoms. The number of carbonyl (C=O) groups is 2. The predicted octanol–water partition coefficient (Wildman–Crippen LogP) is 6.45. The minimum atomic E-state index is -4.53. The summed E-state index contributed by atoms with van der Waals surface area (Å²) in [7, 11) is 0. The summed E-state index contributed by atoms with van der Waals surface area (Å²) in [5.74, 6) is -1.04. The standard InChI is InChI=1S/C22H9ClF3NO4S2/c23-14-5-4-10(22(24,25)26)7-12(14)15-8-13-16(17(13)31-15)18-19(28)27(21(32)33-18)11-3-1-2-9(6-11)20(29)30/h1-8H,(H,29,30). The fraction of sp³-hybridized carbons (Fsp3) is 0.0455. The number of nitrogens with zero attached hydrogens (tertiary/aromatic N) is 1. The van der Waals surface area contributed by atoms with Gasteiger partial charge in [-0.2, -0.15) is 13.2 Å². The van der Waals surface area contributed by atoms with Gasteiger partial charge in [-0.3, -0.25) is 9.69 Å². The highest BCUT2D eigenvalue weighted by atomic mass is 35.5. The number of carboxylic acids is 1. The average molecular weight is 508 g/mol. The molecule has 1 amide bonds. The number of hydrogen-bond acceptors (Lipinski definition) is 5. The largest absolute Gasteiger partial charge is 0.478 e. The summed E-state index contributed by atoms with van der Waals surface area (Å²) in [4.78, 5) is 25.8. The topological polar surface area (TPSA) is 70.8 Å². The van der Waals surface area contributed by atoms with E-state index in [1.54, 1.807) is 6.07 Å². The quantitative estimate of drug-likeness (QED) is 0.254. The average Bonchev–Trinajstić information content (AvgIpc) is 3.08. The smallest absolute Gasteiger partial charge is 0.416 e. The lowest BCUT2D eigenvalue weighted by molar-refractivity contribution is -0.137. The molecule has 2 heterocycles. The van der Waals surface area contributed by atoms with Crippen molar-refractivity contribution in [3.8, 4) is 11.3 Å². The maximum Gasteiger partial charge on any atom is 0.416 e. The molecule has 2 aliphatic rings. The Hall–Kier alpha value is -3.08. The van der Waals surface area contributed by atoms with Gasteiger partial charge in [0.15, 0.2) is 4.32 Å². The van der Waals surface area contributed by atoms with Crippen LogP contribution in [0.5, 0.6) is 0 Å². The maximum absolute atomic E-state index is 13.1. The van der Waals surface area contributed by atoms with Crippen molar-refractivity contribution in [1.82, 2.24) is 0 Å². The zero-order valence-electron chi connectivity index (χ0n) is 16.1. The first-order valence-corrected chi connectivity index (χ1v) is 10.8. The number of thioether (sulfide) groups is 1. The Bertz CT molecular complexity index is 1400. The van der Waals surface area contributed by atoms with Gasteiger partial charge in [-0.05, 0) is 42.5 Å². The van der Waals surface area contributed by atoms with E-state index in [2.05, 4.69) is 0 Å². The lowest BCUT2D eigenvalue weighted by Crippen LogP contribution is -2.27. The lowest BCUT2D eigenvalue weighted by Gasteiger charge is -2.14. The van der Waals surface area contributed by atoms with E-state index in [-0.39, 0.29) is 26.2 Å². The summed E-state index contributed by atoms with van der Waals surface area (Å²) < 4.78 is 45.1. The second kappa shape index (κ2) is 7.47. The van der Waals surface area contributed by atoms with E-state index < -0.39 is 23.6 Å². The van der Waals surface area contributed by atoms with Gasteiger partial charge in [-0.15, -0.1) is 0 Å². The van der Waals surface area contributed by atoms with Gasteiger partial charge >= 0.3 is 12.1 Å². The first-order valence-electron chi connectivity index (χ1n) is 9.22. The zero-order valence-corrected chi connectivity index (χ0v) is 18.5. The minimum absolute atomic E-state index is 0.00937. The molecule has 0 unspecified atom stereocenters. The molecule has 0 spiro atoms. The SMILES string of the molecule is O=C(O)c1cccc(N2C(=O)C(=C3c4cc(-c5cc(C(F)(F)F)ccc5Cl)oc43)SC2=S)c1. The monoisotopic (exact) mass is 507 g/mol. The third-order valence-electron chi connectivity index (χ3n) is 5.07. The highest BCUT2D eigenvalue weighted by Crippen LogP contribution is 2.54. The van der Waals surface area contributed by atoms with Crippen molar-refractivity contribution in [2.24, 2.45) is 0 Å². The number of furan rings is 1. The fourth-order valence-electron chi connectivity index (χ4n) is 3.47. The molecule has 33 heavy (non-hydrogen) atoms. The number of rotatable bonds is 3. The molecular weight excluding hydrogens is 499 g/mol. The van der Waals surface area contributed by atoms with Crippen molar-refractivity contribution in [2.75, 3.05) is 4.90 Å². The Balaban J connectivity index is 1.46. The molecule has 0 saturated carbocycles. The molecule has 3 aromatic rings. The molecule has 1 aromatic heterocycles. The summed E-state index contributed by atoms with van der Waals surface area (Å²) in [6.45, 7) is 0. The molecule has 166 valence electrons. The molecule has 1 saturated heterocycles. The molecule has 2 aromatic carbocycles. The van der Waals surface area contributed by atoms with Gasteiger partial charge in [0.25, 0.3) is 5.91 Å². The van der Waals surface area contributed by atoms with Crippen LogP contribution >= 0.6 is 35.6 Å². The van der Waals surface area contributed by atoms with Gasteiger partial charge in [-0.25, -0.2) is 4.79 Å². The van der Waals surface area contributed by atoms with Crippen molar-refractivity contribution in [1.29, 1.82) is 0 Å².